The van der Waals surface area contributed by atoms with E-state index >= 15 is 0 Å². The number of amides is 1. The molecule has 0 saturated heterocycles. The number of rotatable bonds is 0. The molecule has 0 unspecified atom stereocenters. The van der Waals surface area contributed by atoms with Gasteiger partial charge in [-0.05, 0) is 24.6 Å². The Morgan fingerprint density at radius 3 is 2.92 bits per heavy atom. The Morgan fingerprint density at radius 2 is 2.23 bits per heavy atom. The van der Waals surface area contributed by atoms with Gasteiger partial charge in [-0.3, -0.25) is 4.79 Å². The third-order valence-corrected chi connectivity index (χ3v) is 1.90. The maximum atomic E-state index is 11.2. The molecule has 0 aliphatic carbocycles. The summed E-state index contributed by atoms with van der Waals surface area (Å²) in [5, 5.41) is 14.1. The fraction of sp³-hybridized carbons (Fsp3) is 0. The largest absolute Gasteiger partial charge is 0.410 e. The summed E-state index contributed by atoms with van der Waals surface area (Å²) >= 11 is 0. The average Bonchev–Trinajstić information content (AvgIpc) is 2.40. The lowest BCUT2D eigenvalue weighted by Crippen LogP contribution is -2.13. The minimum atomic E-state index is -0.386. The topological polar surface area (TPSA) is 61.7 Å². The highest BCUT2D eigenvalue weighted by Gasteiger charge is 2.26. The van der Waals surface area contributed by atoms with Gasteiger partial charge in [0.05, 0.1) is 5.69 Å². The normalized spacial score (nSPS) is 17.3. The minimum Gasteiger partial charge on any atom is -0.410 e. The molecule has 1 aromatic rings. The molecule has 0 saturated carbocycles. The number of benzene rings is 1. The zero-order valence-electron chi connectivity index (χ0n) is 6.74. The van der Waals surface area contributed by atoms with E-state index in [1.165, 1.54) is 0 Å². The molecule has 1 aromatic carbocycles. The van der Waals surface area contributed by atoms with Crippen LogP contribution in [0.5, 0.6) is 0 Å². The lowest BCUT2D eigenvalue weighted by Gasteiger charge is -1.97. The fourth-order valence-corrected chi connectivity index (χ4v) is 1.30. The molecule has 4 nitrogen and oxygen atoms in total. The summed E-state index contributed by atoms with van der Waals surface area (Å²) in [5.41, 5.74) is 2.07. The molecule has 0 aromatic heterocycles. The van der Waals surface area contributed by atoms with E-state index < -0.39 is 0 Å². The summed E-state index contributed by atoms with van der Waals surface area (Å²) in [7, 11) is 0. The van der Waals surface area contributed by atoms with Crippen LogP contribution in [0.25, 0.3) is 0 Å². The summed E-state index contributed by atoms with van der Waals surface area (Å²) in [6.07, 6.45) is 0. The third-order valence-electron chi connectivity index (χ3n) is 1.90. The minimum absolute atomic E-state index is 0.0421. The molecule has 1 amide bonds. The van der Waals surface area contributed by atoms with Gasteiger partial charge in [0.15, 0.2) is 5.71 Å². The highest BCUT2D eigenvalue weighted by Crippen LogP contribution is 2.23. The number of hydrogen-bond acceptors (Lipinski definition) is 3. The molecule has 1 aliphatic rings. The second kappa shape index (κ2) is 2.58. The first-order valence-electron chi connectivity index (χ1n) is 3.72. The van der Waals surface area contributed by atoms with Gasteiger partial charge in [0, 0.05) is 5.56 Å². The van der Waals surface area contributed by atoms with Gasteiger partial charge >= 0.3 is 0 Å². The van der Waals surface area contributed by atoms with E-state index in [2.05, 4.69) is 17.4 Å². The van der Waals surface area contributed by atoms with Crippen molar-refractivity contribution in [1.29, 1.82) is 0 Å². The summed E-state index contributed by atoms with van der Waals surface area (Å²) < 4.78 is 0. The zero-order chi connectivity index (χ0) is 9.42. The predicted octanol–water partition coefficient (Wildman–Crippen LogP) is 0.999. The van der Waals surface area contributed by atoms with E-state index in [0.29, 0.717) is 11.3 Å². The molecule has 1 aliphatic heterocycles. The highest BCUT2D eigenvalue weighted by atomic mass is 16.4. The van der Waals surface area contributed by atoms with Crippen molar-refractivity contribution >= 4 is 17.3 Å². The van der Waals surface area contributed by atoms with E-state index in [4.69, 9.17) is 5.21 Å². The Morgan fingerprint density at radius 1 is 1.46 bits per heavy atom. The Balaban J connectivity index is 2.63. The van der Waals surface area contributed by atoms with E-state index in [-0.39, 0.29) is 11.6 Å². The van der Waals surface area contributed by atoms with Crippen LogP contribution in [0.4, 0.5) is 5.69 Å². The van der Waals surface area contributed by atoms with Gasteiger partial charge in [0.25, 0.3) is 5.91 Å². The first-order valence-corrected chi connectivity index (χ1v) is 3.72. The molecule has 2 N–H and O–H groups in total. The molecule has 1 radical (unpaired) electrons. The number of nitrogens with one attached hydrogen (secondary N) is 1. The second-order valence-electron chi connectivity index (χ2n) is 2.78. The fourth-order valence-electron chi connectivity index (χ4n) is 1.30. The standard InChI is InChI=1S/C9H7N2O2/c1-5-2-3-7-6(4-5)8(11-13)9(12)10-7/h2-4,13H,1H2,(H,10,11,12). The van der Waals surface area contributed by atoms with Crippen molar-refractivity contribution in [3.63, 3.8) is 0 Å². The molecule has 0 atom stereocenters. The number of fused-ring (bicyclic) bond motifs is 1. The van der Waals surface area contributed by atoms with Crippen LogP contribution in [0.1, 0.15) is 11.1 Å². The van der Waals surface area contributed by atoms with Crippen LogP contribution < -0.4 is 5.32 Å². The summed E-state index contributed by atoms with van der Waals surface area (Å²) in [6.45, 7) is 3.72. The van der Waals surface area contributed by atoms with Gasteiger partial charge in [-0.25, -0.2) is 0 Å². The van der Waals surface area contributed by atoms with Crippen molar-refractivity contribution in [2.45, 2.75) is 0 Å². The van der Waals surface area contributed by atoms with E-state index in [9.17, 15) is 4.79 Å². The molecule has 2 rings (SSSR count). The van der Waals surface area contributed by atoms with Crippen LogP contribution in [0, 0.1) is 6.92 Å². The first kappa shape index (κ1) is 7.79. The quantitative estimate of drug-likeness (QED) is 0.456. The van der Waals surface area contributed by atoms with Gasteiger partial charge in [0.2, 0.25) is 0 Å². The Labute approximate surface area is 74.9 Å². The summed E-state index contributed by atoms with van der Waals surface area (Å²) in [6, 6.07) is 5.20. The third kappa shape index (κ3) is 1.07. The molecule has 4 heteroatoms. The van der Waals surface area contributed by atoms with Gasteiger partial charge < -0.3 is 10.5 Å². The van der Waals surface area contributed by atoms with Crippen LogP contribution in [-0.4, -0.2) is 16.8 Å². The summed E-state index contributed by atoms with van der Waals surface area (Å²) in [4.78, 5) is 11.2. The van der Waals surface area contributed by atoms with Crippen molar-refractivity contribution in [3.8, 4) is 0 Å². The lowest BCUT2D eigenvalue weighted by atomic mass is 10.1. The first-order chi connectivity index (χ1) is 6.22. The highest BCUT2D eigenvalue weighted by molar-refractivity contribution is 6.53. The average molecular weight is 175 g/mol. The Kier molecular flexibility index (Phi) is 1.55. The van der Waals surface area contributed by atoms with E-state index in [1.807, 2.05) is 0 Å². The predicted molar refractivity (Wildman–Crippen MR) is 47.9 cm³/mol. The van der Waals surface area contributed by atoms with Gasteiger partial charge in [-0.1, -0.05) is 11.2 Å². The van der Waals surface area contributed by atoms with Gasteiger partial charge in [0.1, 0.15) is 0 Å². The number of hydrogen-bond donors (Lipinski definition) is 2. The van der Waals surface area contributed by atoms with Crippen molar-refractivity contribution in [3.05, 3.63) is 36.2 Å². The van der Waals surface area contributed by atoms with Crippen LogP contribution in [0.2, 0.25) is 0 Å². The maximum absolute atomic E-state index is 11.2. The number of nitrogens with zero attached hydrogens (tertiary/aromatic N) is 1. The molecular weight excluding hydrogens is 168 g/mol. The second-order valence-corrected chi connectivity index (χ2v) is 2.78. The van der Waals surface area contributed by atoms with Gasteiger partial charge in [-0.2, -0.15) is 0 Å². The van der Waals surface area contributed by atoms with Crippen molar-refractivity contribution in [2.75, 3.05) is 5.32 Å². The molecule has 13 heavy (non-hydrogen) atoms. The van der Waals surface area contributed by atoms with Crippen molar-refractivity contribution < 1.29 is 10.0 Å². The lowest BCUT2D eigenvalue weighted by molar-refractivity contribution is -0.110. The summed E-state index contributed by atoms with van der Waals surface area (Å²) in [5.74, 6) is -0.386. The Bertz CT molecular complexity index is 410. The molecular formula is C9H7N2O2. The smallest absolute Gasteiger partial charge is 0.278 e. The molecule has 0 fully saturated rings. The molecule has 1 heterocycles. The van der Waals surface area contributed by atoms with Crippen molar-refractivity contribution in [1.82, 2.24) is 0 Å². The van der Waals surface area contributed by atoms with Crippen LogP contribution >= 0.6 is 0 Å². The van der Waals surface area contributed by atoms with Crippen molar-refractivity contribution in [2.24, 2.45) is 5.16 Å². The van der Waals surface area contributed by atoms with Gasteiger partial charge in [-0.15, -0.1) is 0 Å². The van der Waals surface area contributed by atoms with Crippen LogP contribution in [0.3, 0.4) is 0 Å². The maximum Gasteiger partial charge on any atom is 0.278 e. The van der Waals surface area contributed by atoms with E-state index in [1.54, 1.807) is 18.2 Å². The van der Waals surface area contributed by atoms with Crippen LogP contribution in [0.15, 0.2) is 23.4 Å². The SMILES string of the molecule is [CH2]c1ccc2c(c1)C(=NO)C(=O)N2. The number of carbonyl (C=O) groups is 1. The Hall–Kier alpha value is -1.84. The number of anilines is 1. The number of oxime groups is 1. The monoisotopic (exact) mass is 175 g/mol. The molecule has 65 valence electrons. The van der Waals surface area contributed by atoms with E-state index in [0.717, 1.165) is 5.56 Å². The number of carbonyl (C=O) groups excluding carboxylic acids is 1. The molecule has 0 spiro atoms. The van der Waals surface area contributed by atoms with Crippen LogP contribution in [-0.2, 0) is 4.79 Å². The zero-order valence-corrected chi connectivity index (χ0v) is 6.74. The molecule has 0 bridgehead atoms.